The van der Waals surface area contributed by atoms with Crippen molar-refractivity contribution in [1.29, 1.82) is 0 Å². The smallest absolute Gasteiger partial charge is 0.308 e. The molecular formula is C17H14N2O3. The van der Waals surface area contributed by atoms with E-state index in [1.165, 1.54) is 6.92 Å². The van der Waals surface area contributed by atoms with Crippen LogP contribution in [-0.4, -0.2) is 16.2 Å². The van der Waals surface area contributed by atoms with E-state index in [2.05, 4.69) is 10.2 Å². The fourth-order valence-corrected chi connectivity index (χ4v) is 2.39. The molecule has 0 spiro atoms. The first-order valence-electron chi connectivity index (χ1n) is 6.83. The molecule has 3 aromatic rings. The Kier molecular flexibility index (Phi) is 3.47. The fraction of sp³-hybridized carbons (Fsp3) is 0.118. The van der Waals surface area contributed by atoms with Crippen LogP contribution in [0.2, 0.25) is 0 Å². The normalized spacial score (nSPS) is 10.6. The van der Waals surface area contributed by atoms with E-state index in [0.717, 1.165) is 5.56 Å². The molecule has 110 valence electrons. The zero-order chi connectivity index (χ0) is 15.7. The van der Waals surface area contributed by atoms with E-state index >= 15 is 0 Å². The summed E-state index contributed by atoms with van der Waals surface area (Å²) >= 11 is 0. The predicted molar refractivity (Wildman–Crippen MR) is 83.8 cm³/mol. The zero-order valence-corrected chi connectivity index (χ0v) is 12.2. The van der Waals surface area contributed by atoms with Gasteiger partial charge in [0.2, 0.25) is 0 Å². The molecule has 5 nitrogen and oxygen atoms in total. The van der Waals surface area contributed by atoms with Gasteiger partial charge in [-0.2, -0.15) is 5.10 Å². The highest BCUT2D eigenvalue weighted by molar-refractivity contribution is 5.95. The Hall–Kier alpha value is -2.95. The van der Waals surface area contributed by atoms with Gasteiger partial charge < -0.3 is 4.74 Å². The predicted octanol–water partition coefficient (Wildman–Crippen LogP) is 2.82. The van der Waals surface area contributed by atoms with E-state index < -0.39 is 5.97 Å². The minimum atomic E-state index is -0.404. The first kappa shape index (κ1) is 14.0. The molecule has 5 heteroatoms. The van der Waals surface area contributed by atoms with Crippen molar-refractivity contribution in [2.75, 3.05) is 0 Å². The molecule has 0 atom stereocenters. The Morgan fingerprint density at radius 2 is 1.86 bits per heavy atom. The molecule has 0 amide bonds. The van der Waals surface area contributed by atoms with Crippen LogP contribution < -0.4 is 10.3 Å². The van der Waals surface area contributed by atoms with Gasteiger partial charge in [0, 0.05) is 17.9 Å². The SMILES string of the molecule is CC(=O)Oc1ccc(C)cc1-c1n[nH]c(=O)c2ccccc12. The van der Waals surface area contributed by atoms with Gasteiger partial charge in [-0.1, -0.05) is 29.8 Å². The minimum absolute atomic E-state index is 0.249. The number of nitrogens with one attached hydrogen (secondary N) is 1. The number of nitrogens with zero attached hydrogens (tertiary/aromatic N) is 1. The van der Waals surface area contributed by atoms with Gasteiger partial charge in [0.05, 0.1) is 5.39 Å². The molecule has 0 saturated heterocycles. The summed E-state index contributed by atoms with van der Waals surface area (Å²) in [4.78, 5) is 23.2. The summed E-state index contributed by atoms with van der Waals surface area (Å²) in [6, 6.07) is 12.7. The van der Waals surface area contributed by atoms with E-state index in [-0.39, 0.29) is 5.56 Å². The van der Waals surface area contributed by atoms with Crippen molar-refractivity contribution in [3.8, 4) is 17.0 Å². The van der Waals surface area contributed by atoms with Crippen molar-refractivity contribution in [3.63, 3.8) is 0 Å². The fourth-order valence-electron chi connectivity index (χ4n) is 2.39. The van der Waals surface area contributed by atoms with Crippen LogP contribution in [0.3, 0.4) is 0 Å². The van der Waals surface area contributed by atoms with Gasteiger partial charge in [-0.15, -0.1) is 0 Å². The lowest BCUT2D eigenvalue weighted by atomic mass is 10.0. The summed E-state index contributed by atoms with van der Waals surface area (Å²) in [6.07, 6.45) is 0. The van der Waals surface area contributed by atoms with Crippen molar-refractivity contribution in [1.82, 2.24) is 10.2 Å². The van der Waals surface area contributed by atoms with Gasteiger partial charge in [0.25, 0.3) is 5.56 Å². The summed E-state index contributed by atoms with van der Waals surface area (Å²) in [7, 11) is 0. The summed E-state index contributed by atoms with van der Waals surface area (Å²) in [5.74, 6) is 0.0154. The summed E-state index contributed by atoms with van der Waals surface area (Å²) in [5.41, 5.74) is 2.00. The van der Waals surface area contributed by atoms with Crippen LogP contribution in [0.15, 0.2) is 47.3 Å². The highest BCUT2D eigenvalue weighted by atomic mass is 16.5. The number of H-pyrrole nitrogens is 1. The number of fused-ring (bicyclic) bond motifs is 1. The molecule has 0 bridgehead atoms. The molecular weight excluding hydrogens is 280 g/mol. The third-order valence-corrected chi connectivity index (χ3v) is 3.34. The quantitative estimate of drug-likeness (QED) is 0.582. The van der Waals surface area contributed by atoms with Crippen molar-refractivity contribution in [2.24, 2.45) is 0 Å². The molecule has 0 aliphatic rings. The van der Waals surface area contributed by atoms with Crippen molar-refractivity contribution < 1.29 is 9.53 Å². The number of aryl methyl sites for hydroxylation is 1. The van der Waals surface area contributed by atoms with E-state index in [0.29, 0.717) is 27.8 Å². The van der Waals surface area contributed by atoms with Crippen LogP contribution in [0.1, 0.15) is 12.5 Å². The Labute approximate surface area is 126 Å². The Bertz CT molecular complexity index is 929. The van der Waals surface area contributed by atoms with Crippen LogP contribution >= 0.6 is 0 Å². The first-order valence-corrected chi connectivity index (χ1v) is 6.83. The molecule has 3 rings (SSSR count). The molecule has 1 aromatic heterocycles. The van der Waals surface area contributed by atoms with E-state index in [1.54, 1.807) is 18.2 Å². The Morgan fingerprint density at radius 1 is 1.14 bits per heavy atom. The summed E-state index contributed by atoms with van der Waals surface area (Å²) in [6.45, 7) is 3.29. The number of hydrogen-bond acceptors (Lipinski definition) is 4. The number of esters is 1. The molecule has 0 aliphatic heterocycles. The molecule has 2 aromatic carbocycles. The Balaban J connectivity index is 2.32. The van der Waals surface area contributed by atoms with Crippen LogP contribution in [0.4, 0.5) is 0 Å². The van der Waals surface area contributed by atoms with Crippen LogP contribution in [0.25, 0.3) is 22.0 Å². The standard InChI is InChI=1S/C17H14N2O3/c1-10-7-8-15(22-11(2)20)14(9-10)16-12-5-3-4-6-13(12)17(21)19-18-16/h3-9H,1-2H3,(H,19,21). The molecule has 1 N–H and O–H groups in total. The number of rotatable bonds is 2. The number of carbonyl (C=O) groups is 1. The number of benzene rings is 2. The number of hydrogen-bond donors (Lipinski definition) is 1. The maximum atomic E-state index is 11.9. The average Bonchev–Trinajstić information content (AvgIpc) is 2.50. The minimum Gasteiger partial charge on any atom is -0.426 e. The molecule has 0 radical (unpaired) electrons. The topological polar surface area (TPSA) is 72.0 Å². The van der Waals surface area contributed by atoms with Gasteiger partial charge in [-0.05, 0) is 25.1 Å². The lowest BCUT2D eigenvalue weighted by molar-refractivity contribution is -0.131. The highest BCUT2D eigenvalue weighted by Gasteiger charge is 2.14. The molecule has 0 fully saturated rings. The third kappa shape index (κ3) is 2.48. The molecule has 0 aliphatic carbocycles. The number of aromatic amines is 1. The van der Waals surface area contributed by atoms with Gasteiger partial charge >= 0.3 is 5.97 Å². The molecule has 1 heterocycles. The highest BCUT2D eigenvalue weighted by Crippen LogP contribution is 2.33. The van der Waals surface area contributed by atoms with Gasteiger partial charge in [0.1, 0.15) is 11.4 Å². The maximum Gasteiger partial charge on any atom is 0.308 e. The monoisotopic (exact) mass is 294 g/mol. The lowest BCUT2D eigenvalue weighted by Gasteiger charge is -2.11. The van der Waals surface area contributed by atoms with Crippen LogP contribution in [-0.2, 0) is 4.79 Å². The van der Waals surface area contributed by atoms with Crippen molar-refractivity contribution in [3.05, 3.63) is 58.4 Å². The van der Waals surface area contributed by atoms with E-state index in [9.17, 15) is 9.59 Å². The molecule has 0 unspecified atom stereocenters. The maximum absolute atomic E-state index is 11.9. The van der Waals surface area contributed by atoms with Crippen LogP contribution in [0.5, 0.6) is 5.75 Å². The van der Waals surface area contributed by atoms with Crippen LogP contribution in [0, 0.1) is 6.92 Å². The lowest BCUT2D eigenvalue weighted by Crippen LogP contribution is -2.10. The van der Waals surface area contributed by atoms with Crippen molar-refractivity contribution >= 4 is 16.7 Å². The largest absolute Gasteiger partial charge is 0.426 e. The van der Waals surface area contributed by atoms with Crippen molar-refractivity contribution in [2.45, 2.75) is 13.8 Å². The third-order valence-electron chi connectivity index (χ3n) is 3.34. The number of carbonyl (C=O) groups excluding carboxylic acids is 1. The summed E-state index contributed by atoms with van der Waals surface area (Å²) in [5, 5.41) is 7.91. The number of ether oxygens (including phenoxy) is 1. The second-order valence-corrected chi connectivity index (χ2v) is 5.04. The van der Waals surface area contributed by atoms with E-state index in [1.807, 2.05) is 31.2 Å². The molecule has 0 saturated carbocycles. The first-order chi connectivity index (χ1) is 10.6. The summed E-state index contributed by atoms with van der Waals surface area (Å²) < 4.78 is 5.26. The Morgan fingerprint density at radius 3 is 2.59 bits per heavy atom. The second-order valence-electron chi connectivity index (χ2n) is 5.04. The zero-order valence-electron chi connectivity index (χ0n) is 12.2. The second kappa shape index (κ2) is 5.44. The van der Waals surface area contributed by atoms with Gasteiger partial charge in [0.15, 0.2) is 0 Å². The van der Waals surface area contributed by atoms with Gasteiger partial charge in [-0.3, -0.25) is 9.59 Å². The van der Waals surface area contributed by atoms with E-state index in [4.69, 9.17) is 4.74 Å². The number of aromatic nitrogens is 2. The average molecular weight is 294 g/mol. The van der Waals surface area contributed by atoms with Gasteiger partial charge in [-0.25, -0.2) is 5.10 Å². The molecule has 22 heavy (non-hydrogen) atoms.